The number of para-hydroxylation sites is 1. The van der Waals surface area contributed by atoms with E-state index in [1.165, 1.54) is 12.3 Å². The van der Waals surface area contributed by atoms with Crippen LogP contribution < -0.4 is 5.32 Å². The molecule has 0 unspecified atom stereocenters. The van der Waals surface area contributed by atoms with Crippen LogP contribution in [-0.2, 0) is 0 Å². The Balaban J connectivity index is 1.62. The van der Waals surface area contributed by atoms with E-state index >= 15 is 0 Å². The van der Waals surface area contributed by atoms with Gasteiger partial charge in [-0.25, -0.2) is 0 Å². The molecule has 0 saturated carbocycles. The van der Waals surface area contributed by atoms with Gasteiger partial charge >= 0.3 is 0 Å². The third-order valence-corrected chi connectivity index (χ3v) is 4.51. The zero-order valence-corrected chi connectivity index (χ0v) is 14.3. The highest BCUT2D eigenvalue weighted by molar-refractivity contribution is 5.98. The molecule has 1 aromatic carbocycles. The summed E-state index contributed by atoms with van der Waals surface area (Å²) in [6.45, 7) is 2.58. The van der Waals surface area contributed by atoms with Crippen LogP contribution in [0, 0.1) is 17.0 Å². The number of amides is 2. The van der Waals surface area contributed by atoms with Crippen molar-refractivity contribution in [3.63, 3.8) is 0 Å². The molecule has 1 N–H and O–H groups in total. The molecule has 0 radical (unpaired) electrons. The van der Waals surface area contributed by atoms with E-state index < -0.39 is 10.8 Å². The zero-order chi connectivity index (χ0) is 18.7. The third-order valence-electron chi connectivity index (χ3n) is 4.51. The highest BCUT2D eigenvalue weighted by Gasteiger charge is 2.28. The van der Waals surface area contributed by atoms with Crippen LogP contribution in [0.3, 0.4) is 0 Å². The summed E-state index contributed by atoms with van der Waals surface area (Å²) in [7, 11) is 0. The standard InChI is InChI=1S/C18H19N3O5/c1-12-4-2-5-14(16(12)21(24)25)17(22)19-13-7-9-20(10-8-13)18(23)15-6-3-11-26-15/h2-6,11,13H,7-10H2,1H3,(H,19,22). The van der Waals surface area contributed by atoms with E-state index in [0.717, 1.165) is 0 Å². The number of nitro benzene ring substituents is 1. The zero-order valence-electron chi connectivity index (χ0n) is 14.3. The van der Waals surface area contributed by atoms with Crippen molar-refractivity contribution in [2.24, 2.45) is 0 Å². The van der Waals surface area contributed by atoms with Gasteiger partial charge in [-0.3, -0.25) is 19.7 Å². The number of rotatable bonds is 4. The minimum atomic E-state index is -0.533. The normalized spacial score (nSPS) is 14.9. The Morgan fingerprint density at radius 2 is 1.96 bits per heavy atom. The van der Waals surface area contributed by atoms with Gasteiger partial charge in [0.05, 0.1) is 11.2 Å². The van der Waals surface area contributed by atoms with Crippen molar-refractivity contribution in [3.8, 4) is 0 Å². The van der Waals surface area contributed by atoms with Crippen molar-refractivity contribution in [2.45, 2.75) is 25.8 Å². The number of aryl methyl sites for hydroxylation is 1. The molecule has 2 amide bonds. The highest BCUT2D eigenvalue weighted by Crippen LogP contribution is 2.23. The molecular formula is C18H19N3O5. The molecule has 26 heavy (non-hydrogen) atoms. The van der Waals surface area contributed by atoms with Gasteiger partial charge in [-0.1, -0.05) is 12.1 Å². The molecule has 2 aromatic rings. The first kappa shape index (κ1) is 17.7. The van der Waals surface area contributed by atoms with Gasteiger partial charge in [0.2, 0.25) is 0 Å². The summed E-state index contributed by atoms with van der Waals surface area (Å²) in [5.41, 5.74) is 0.334. The summed E-state index contributed by atoms with van der Waals surface area (Å²) in [5.74, 6) is -0.340. The number of nitrogens with one attached hydrogen (secondary N) is 1. The minimum Gasteiger partial charge on any atom is -0.459 e. The van der Waals surface area contributed by atoms with Crippen molar-refractivity contribution in [3.05, 3.63) is 63.6 Å². The predicted octanol–water partition coefficient (Wildman–Crippen LogP) is 2.53. The number of nitrogens with zero attached hydrogens (tertiary/aromatic N) is 2. The molecular weight excluding hydrogens is 338 g/mol. The molecule has 8 nitrogen and oxygen atoms in total. The molecule has 8 heteroatoms. The van der Waals surface area contributed by atoms with Crippen molar-refractivity contribution >= 4 is 17.5 Å². The second-order valence-corrected chi connectivity index (χ2v) is 6.25. The molecule has 1 aliphatic rings. The Bertz CT molecular complexity index is 823. The van der Waals surface area contributed by atoms with Crippen molar-refractivity contribution < 1.29 is 18.9 Å². The number of furan rings is 1. The SMILES string of the molecule is Cc1cccc(C(=O)NC2CCN(C(=O)c3ccco3)CC2)c1[N+](=O)[O-]. The van der Waals surface area contributed by atoms with E-state index in [-0.39, 0.29) is 23.2 Å². The van der Waals surface area contributed by atoms with Gasteiger partial charge in [-0.15, -0.1) is 0 Å². The number of nitro groups is 1. The van der Waals surface area contributed by atoms with Crippen molar-refractivity contribution in [1.82, 2.24) is 10.2 Å². The Labute approximate surface area is 149 Å². The van der Waals surface area contributed by atoms with Gasteiger partial charge in [0, 0.05) is 24.7 Å². The first-order valence-corrected chi connectivity index (χ1v) is 8.35. The van der Waals surface area contributed by atoms with Crippen LogP contribution in [0.5, 0.6) is 0 Å². The molecule has 3 rings (SSSR count). The lowest BCUT2D eigenvalue weighted by Gasteiger charge is -2.31. The van der Waals surface area contributed by atoms with Crippen LogP contribution in [0.25, 0.3) is 0 Å². The first-order chi connectivity index (χ1) is 12.5. The van der Waals surface area contributed by atoms with Crippen LogP contribution in [0.4, 0.5) is 5.69 Å². The fraction of sp³-hybridized carbons (Fsp3) is 0.333. The molecule has 1 aliphatic heterocycles. The number of hydrogen-bond donors (Lipinski definition) is 1. The van der Waals surface area contributed by atoms with E-state index in [9.17, 15) is 19.7 Å². The van der Waals surface area contributed by atoms with Gasteiger partial charge < -0.3 is 14.6 Å². The molecule has 0 atom stereocenters. The number of likely N-dealkylation sites (tertiary alicyclic amines) is 1. The average Bonchev–Trinajstić information content (AvgIpc) is 3.16. The van der Waals surface area contributed by atoms with Crippen molar-refractivity contribution in [2.75, 3.05) is 13.1 Å². The topological polar surface area (TPSA) is 106 Å². The van der Waals surface area contributed by atoms with Gasteiger partial charge in [-0.2, -0.15) is 0 Å². The van der Waals surface area contributed by atoms with E-state index in [1.807, 2.05) is 0 Å². The molecule has 0 bridgehead atoms. The molecule has 0 aliphatic carbocycles. The lowest BCUT2D eigenvalue weighted by Crippen LogP contribution is -2.46. The summed E-state index contributed by atoms with van der Waals surface area (Å²) in [5, 5.41) is 14.1. The van der Waals surface area contributed by atoms with Crippen LogP contribution in [0.1, 0.15) is 39.3 Å². The van der Waals surface area contributed by atoms with Gasteiger partial charge in [-0.05, 0) is 38.0 Å². The molecule has 136 valence electrons. The van der Waals surface area contributed by atoms with E-state index in [0.29, 0.717) is 37.3 Å². The number of carbonyl (C=O) groups is 2. The van der Waals surface area contributed by atoms with Crippen LogP contribution >= 0.6 is 0 Å². The predicted molar refractivity (Wildman–Crippen MR) is 92.9 cm³/mol. The summed E-state index contributed by atoms with van der Waals surface area (Å²) in [6, 6.07) is 7.83. The second kappa shape index (κ2) is 7.38. The monoisotopic (exact) mass is 357 g/mol. The molecule has 1 fully saturated rings. The Hall–Kier alpha value is -3.16. The lowest BCUT2D eigenvalue weighted by atomic mass is 10.0. The minimum absolute atomic E-state index is 0.0593. The van der Waals surface area contributed by atoms with Crippen LogP contribution in [0.15, 0.2) is 41.0 Å². The molecule has 1 aromatic heterocycles. The lowest BCUT2D eigenvalue weighted by molar-refractivity contribution is -0.385. The number of benzene rings is 1. The maximum absolute atomic E-state index is 12.5. The summed E-state index contributed by atoms with van der Waals surface area (Å²) in [6.07, 6.45) is 2.62. The summed E-state index contributed by atoms with van der Waals surface area (Å²) in [4.78, 5) is 37.1. The Morgan fingerprint density at radius 1 is 1.23 bits per heavy atom. The summed E-state index contributed by atoms with van der Waals surface area (Å²) < 4.78 is 5.12. The largest absolute Gasteiger partial charge is 0.459 e. The molecule has 2 heterocycles. The number of carbonyl (C=O) groups excluding carboxylic acids is 2. The van der Waals surface area contributed by atoms with Crippen molar-refractivity contribution in [1.29, 1.82) is 0 Å². The third kappa shape index (κ3) is 3.58. The Morgan fingerprint density at radius 3 is 2.58 bits per heavy atom. The van der Waals surface area contributed by atoms with Gasteiger partial charge in [0.25, 0.3) is 17.5 Å². The highest BCUT2D eigenvalue weighted by atomic mass is 16.6. The van der Waals surface area contributed by atoms with Gasteiger partial charge in [0.15, 0.2) is 5.76 Å². The van der Waals surface area contributed by atoms with E-state index in [1.54, 1.807) is 36.1 Å². The average molecular weight is 357 g/mol. The van der Waals surface area contributed by atoms with E-state index in [2.05, 4.69) is 5.32 Å². The second-order valence-electron chi connectivity index (χ2n) is 6.25. The number of piperidine rings is 1. The van der Waals surface area contributed by atoms with Crippen LogP contribution in [0.2, 0.25) is 0 Å². The smallest absolute Gasteiger partial charge is 0.289 e. The van der Waals surface area contributed by atoms with E-state index in [4.69, 9.17) is 4.42 Å². The molecule has 0 spiro atoms. The maximum atomic E-state index is 12.5. The fourth-order valence-electron chi connectivity index (χ4n) is 3.13. The molecule has 1 saturated heterocycles. The number of hydrogen-bond acceptors (Lipinski definition) is 5. The first-order valence-electron chi connectivity index (χ1n) is 8.35. The quantitative estimate of drug-likeness (QED) is 0.668. The maximum Gasteiger partial charge on any atom is 0.289 e. The Kier molecular flexibility index (Phi) is 5.01. The summed E-state index contributed by atoms with van der Waals surface area (Å²) >= 11 is 0. The van der Waals surface area contributed by atoms with Gasteiger partial charge in [0.1, 0.15) is 5.56 Å². The van der Waals surface area contributed by atoms with Crippen LogP contribution in [-0.4, -0.2) is 40.8 Å². The fourth-order valence-corrected chi connectivity index (χ4v) is 3.13.